The molecule has 0 heterocycles. The molecule has 7 heteroatoms. The van der Waals surface area contributed by atoms with Gasteiger partial charge in [0, 0.05) is 11.1 Å². The summed E-state index contributed by atoms with van der Waals surface area (Å²) >= 11 is 9.08. The average Bonchev–Trinajstić information content (AvgIpc) is 2.44. The third kappa shape index (κ3) is 6.66. The van der Waals surface area contributed by atoms with E-state index < -0.39 is 5.97 Å². The number of carbonyl (C=O) groups excluding carboxylic acids is 2. The fourth-order valence-corrected chi connectivity index (χ4v) is 2.18. The molecule has 122 valence electrons. The summed E-state index contributed by atoms with van der Waals surface area (Å²) in [6.07, 6.45) is 0. The highest BCUT2D eigenvalue weighted by Crippen LogP contribution is 2.27. The molecule has 0 fully saturated rings. The van der Waals surface area contributed by atoms with Crippen molar-refractivity contribution in [1.82, 2.24) is 5.32 Å². The second-order valence-electron chi connectivity index (χ2n) is 5.12. The van der Waals surface area contributed by atoms with Gasteiger partial charge < -0.3 is 14.8 Å². The lowest BCUT2D eigenvalue weighted by molar-refractivity contribution is -0.150. The van der Waals surface area contributed by atoms with Crippen LogP contribution in [0.25, 0.3) is 0 Å². The van der Waals surface area contributed by atoms with E-state index in [9.17, 15) is 9.59 Å². The Bertz CT molecular complexity index is 536. The molecule has 0 aliphatic carbocycles. The Kier molecular flexibility index (Phi) is 7.68. The Morgan fingerprint density at radius 1 is 1.27 bits per heavy atom. The number of carbonyl (C=O) groups is 2. The Morgan fingerprint density at radius 3 is 2.55 bits per heavy atom. The molecule has 0 aliphatic rings. The summed E-state index contributed by atoms with van der Waals surface area (Å²) in [6.45, 7) is 5.28. The molecule has 0 aromatic heterocycles. The average molecular weight is 393 g/mol. The Balaban J connectivity index is 2.33. The summed E-state index contributed by atoms with van der Waals surface area (Å²) in [7, 11) is 0. The normalized spacial score (nSPS) is 11.9. The summed E-state index contributed by atoms with van der Waals surface area (Å²) < 4.78 is 10.8. The van der Waals surface area contributed by atoms with Crippen LogP contribution in [0.2, 0.25) is 5.02 Å². The van der Waals surface area contributed by atoms with Crippen LogP contribution in [0.5, 0.6) is 5.75 Å². The van der Waals surface area contributed by atoms with E-state index in [2.05, 4.69) is 21.2 Å². The molecule has 1 aromatic rings. The van der Waals surface area contributed by atoms with Gasteiger partial charge in [-0.25, -0.2) is 4.79 Å². The van der Waals surface area contributed by atoms with Crippen molar-refractivity contribution in [2.75, 3.05) is 13.2 Å². The number of ether oxygens (including phenoxy) is 2. The number of nitrogens with one attached hydrogen (secondary N) is 1. The third-order valence-corrected chi connectivity index (χ3v) is 3.85. The van der Waals surface area contributed by atoms with Crippen molar-refractivity contribution in [1.29, 1.82) is 0 Å². The Morgan fingerprint density at radius 2 is 1.95 bits per heavy atom. The molecule has 0 spiro atoms. The van der Waals surface area contributed by atoms with Crippen LogP contribution < -0.4 is 10.1 Å². The summed E-state index contributed by atoms with van der Waals surface area (Å²) in [6, 6.07) is 4.96. The second kappa shape index (κ2) is 9.00. The summed E-state index contributed by atoms with van der Waals surface area (Å²) in [4.78, 5) is 23.1. The second-order valence-corrected chi connectivity index (χ2v) is 6.42. The van der Waals surface area contributed by atoms with E-state index in [4.69, 9.17) is 21.1 Å². The van der Waals surface area contributed by atoms with E-state index in [1.54, 1.807) is 18.2 Å². The van der Waals surface area contributed by atoms with Crippen LogP contribution in [0.15, 0.2) is 22.7 Å². The first kappa shape index (κ1) is 18.8. The first-order valence-corrected chi connectivity index (χ1v) is 7.99. The number of hydrogen-bond acceptors (Lipinski definition) is 4. The first-order chi connectivity index (χ1) is 10.3. The molecule has 0 saturated carbocycles. The predicted octanol–water partition coefficient (Wildman–Crippen LogP) is 3.19. The molecule has 1 N–H and O–H groups in total. The molecule has 0 bridgehead atoms. The number of esters is 1. The van der Waals surface area contributed by atoms with Crippen LogP contribution in [0.3, 0.4) is 0 Å². The van der Waals surface area contributed by atoms with E-state index in [1.165, 1.54) is 0 Å². The summed E-state index contributed by atoms with van der Waals surface area (Å²) in [5, 5.41) is 3.30. The number of amides is 1. The van der Waals surface area contributed by atoms with Gasteiger partial charge in [-0.05, 0) is 47.0 Å². The van der Waals surface area contributed by atoms with Crippen LogP contribution in [-0.2, 0) is 14.3 Å². The van der Waals surface area contributed by atoms with Crippen molar-refractivity contribution < 1.29 is 19.1 Å². The zero-order valence-electron chi connectivity index (χ0n) is 12.7. The monoisotopic (exact) mass is 391 g/mol. The minimum absolute atomic E-state index is 0.0208. The highest BCUT2D eigenvalue weighted by molar-refractivity contribution is 9.10. The quantitative estimate of drug-likeness (QED) is 0.724. The van der Waals surface area contributed by atoms with Crippen LogP contribution >= 0.6 is 27.5 Å². The van der Waals surface area contributed by atoms with Gasteiger partial charge in [-0.3, -0.25) is 4.79 Å². The van der Waals surface area contributed by atoms with Crippen molar-refractivity contribution in [3.8, 4) is 5.75 Å². The van der Waals surface area contributed by atoms with Crippen molar-refractivity contribution in [3.63, 3.8) is 0 Å². The van der Waals surface area contributed by atoms with E-state index in [-0.39, 0.29) is 25.2 Å². The molecule has 1 aromatic carbocycles. The maximum Gasteiger partial charge on any atom is 0.344 e. The third-order valence-electron chi connectivity index (χ3n) is 2.99. The number of halogens is 2. The topological polar surface area (TPSA) is 64.6 Å². The minimum Gasteiger partial charge on any atom is -0.481 e. The molecular formula is C15H19BrClNO4. The van der Waals surface area contributed by atoms with Gasteiger partial charge in [-0.2, -0.15) is 0 Å². The summed E-state index contributed by atoms with van der Waals surface area (Å²) in [5.74, 6) is -0.166. The van der Waals surface area contributed by atoms with E-state index >= 15 is 0 Å². The highest BCUT2D eigenvalue weighted by Gasteiger charge is 2.13. The van der Waals surface area contributed by atoms with E-state index in [0.717, 1.165) is 0 Å². The fraction of sp³-hybridized carbons (Fsp3) is 0.467. The number of rotatable bonds is 7. The van der Waals surface area contributed by atoms with Crippen LogP contribution in [-0.4, -0.2) is 31.1 Å². The molecule has 5 nitrogen and oxygen atoms in total. The minimum atomic E-state index is -0.616. The zero-order valence-corrected chi connectivity index (χ0v) is 15.0. The van der Waals surface area contributed by atoms with Gasteiger partial charge in [0.25, 0.3) is 5.91 Å². The van der Waals surface area contributed by atoms with Crippen molar-refractivity contribution >= 4 is 39.4 Å². The smallest absolute Gasteiger partial charge is 0.344 e. The molecule has 0 unspecified atom stereocenters. The molecular weight excluding hydrogens is 374 g/mol. The molecule has 0 saturated heterocycles. The van der Waals surface area contributed by atoms with Gasteiger partial charge in [0.1, 0.15) is 5.75 Å². The molecule has 0 aliphatic heterocycles. The van der Waals surface area contributed by atoms with Gasteiger partial charge in [-0.1, -0.05) is 25.4 Å². The highest BCUT2D eigenvalue weighted by atomic mass is 79.9. The van der Waals surface area contributed by atoms with Gasteiger partial charge in [0.2, 0.25) is 0 Å². The molecule has 1 atom stereocenters. The van der Waals surface area contributed by atoms with Crippen LogP contribution in [0.4, 0.5) is 0 Å². The van der Waals surface area contributed by atoms with Gasteiger partial charge in [0.15, 0.2) is 13.2 Å². The summed E-state index contributed by atoms with van der Waals surface area (Å²) in [5.41, 5.74) is 0. The van der Waals surface area contributed by atoms with Crippen molar-refractivity contribution in [2.24, 2.45) is 5.92 Å². The predicted molar refractivity (Wildman–Crippen MR) is 88.0 cm³/mol. The van der Waals surface area contributed by atoms with Gasteiger partial charge in [0.05, 0.1) is 4.47 Å². The van der Waals surface area contributed by atoms with Crippen LogP contribution in [0.1, 0.15) is 20.8 Å². The largest absolute Gasteiger partial charge is 0.481 e. The molecule has 0 radical (unpaired) electrons. The lowest BCUT2D eigenvalue weighted by Gasteiger charge is -2.17. The number of hydrogen-bond donors (Lipinski definition) is 1. The van der Waals surface area contributed by atoms with Gasteiger partial charge in [-0.15, -0.1) is 0 Å². The molecule has 1 rings (SSSR count). The maximum absolute atomic E-state index is 11.6. The van der Waals surface area contributed by atoms with Crippen molar-refractivity contribution in [2.45, 2.75) is 26.8 Å². The molecule has 22 heavy (non-hydrogen) atoms. The zero-order chi connectivity index (χ0) is 16.7. The van der Waals surface area contributed by atoms with Crippen molar-refractivity contribution in [3.05, 3.63) is 27.7 Å². The van der Waals surface area contributed by atoms with Gasteiger partial charge >= 0.3 is 5.97 Å². The lowest BCUT2D eigenvalue weighted by atomic mass is 10.1. The Labute approximate surface area is 143 Å². The van der Waals surface area contributed by atoms with E-state index in [0.29, 0.717) is 21.2 Å². The van der Waals surface area contributed by atoms with E-state index in [1.807, 2.05) is 20.8 Å². The standard InChI is InChI=1S/C15H19BrClNO4/c1-9(2)10(3)18-14(19)7-22-15(20)8-21-13-5-4-11(17)6-12(13)16/h4-6,9-10H,7-8H2,1-3H3,(H,18,19)/t10-/m0/s1. The first-order valence-electron chi connectivity index (χ1n) is 6.82. The number of benzene rings is 1. The molecule has 1 amide bonds. The SMILES string of the molecule is CC(C)[C@H](C)NC(=O)COC(=O)COc1ccc(Cl)cc1Br. The Hall–Kier alpha value is -1.27. The fourth-order valence-electron chi connectivity index (χ4n) is 1.38. The lowest BCUT2D eigenvalue weighted by Crippen LogP contribution is -2.39. The maximum atomic E-state index is 11.6. The van der Waals surface area contributed by atoms with Crippen LogP contribution in [0, 0.1) is 5.92 Å².